The molecule has 0 unspecified atom stereocenters. The van der Waals surface area contributed by atoms with Gasteiger partial charge in [-0.2, -0.15) is 5.26 Å². The summed E-state index contributed by atoms with van der Waals surface area (Å²) in [5.41, 5.74) is 1.70. The Morgan fingerprint density at radius 2 is 2.04 bits per heavy atom. The van der Waals surface area contributed by atoms with Crippen LogP contribution in [0.15, 0.2) is 24.3 Å². The summed E-state index contributed by atoms with van der Waals surface area (Å²) in [6, 6.07) is 9.91. The van der Waals surface area contributed by atoms with Crippen molar-refractivity contribution in [3.05, 3.63) is 29.8 Å². The van der Waals surface area contributed by atoms with Crippen LogP contribution in [0.25, 0.3) is 0 Å². The third-order valence-electron chi connectivity index (χ3n) is 4.53. The molecule has 1 aliphatic rings. The molecule has 0 bridgehead atoms. The van der Waals surface area contributed by atoms with Gasteiger partial charge in [0.1, 0.15) is 0 Å². The van der Waals surface area contributed by atoms with E-state index in [0.29, 0.717) is 12.5 Å². The van der Waals surface area contributed by atoms with Crippen molar-refractivity contribution in [2.45, 2.75) is 31.7 Å². The number of aliphatic hydroxyl groups is 1. The third-order valence-corrected chi connectivity index (χ3v) is 4.53. The molecular formula is C18H26N4O2. The Labute approximate surface area is 143 Å². The number of nitriles is 1. The number of carbonyl (C=O) groups is 1. The molecule has 2 rings (SSSR count). The molecular weight excluding hydrogens is 304 g/mol. The van der Waals surface area contributed by atoms with Crippen LogP contribution in [0.4, 0.5) is 10.5 Å². The molecule has 0 saturated carbocycles. The highest BCUT2D eigenvalue weighted by molar-refractivity contribution is 5.89. The van der Waals surface area contributed by atoms with Crippen molar-refractivity contribution in [2.75, 3.05) is 38.6 Å². The summed E-state index contributed by atoms with van der Waals surface area (Å²) in [7, 11) is 2.08. The summed E-state index contributed by atoms with van der Waals surface area (Å²) in [5.74, 6) is 0. The van der Waals surface area contributed by atoms with Gasteiger partial charge in [-0.3, -0.25) is 0 Å². The van der Waals surface area contributed by atoms with Gasteiger partial charge in [0.2, 0.25) is 0 Å². The van der Waals surface area contributed by atoms with E-state index in [0.717, 1.165) is 50.1 Å². The highest BCUT2D eigenvalue weighted by Crippen LogP contribution is 2.17. The summed E-state index contributed by atoms with van der Waals surface area (Å²) in [6.45, 7) is 2.60. The fourth-order valence-electron chi connectivity index (χ4n) is 3.01. The van der Waals surface area contributed by atoms with Crippen LogP contribution in [0.2, 0.25) is 0 Å². The molecule has 1 aromatic rings. The number of rotatable bonds is 6. The number of nitrogens with zero attached hydrogens (tertiary/aromatic N) is 3. The van der Waals surface area contributed by atoms with Crippen LogP contribution in [0, 0.1) is 11.3 Å². The molecule has 0 spiro atoms. The van der Waals surface area contributed by atoms with Crippen LogP contribution in [0.3, 0.4) is 0 Å². The van der Waals surface area contributed by atoms with Gasteiger partial charge >= 0.3 is 6.03 Å². The van der Waals surface area contributed by atoms with Crippen LogP contribution in [-0.4, -0.2) is 60.3 Å². The lowest BCUT2D eigenvalue weighted by molar-refractivity contribution is 0.134. The molecule has 0 aromatic heterocycles. The minimum Gasteiger partial charge on any atom is -0.396 e. The average Bonchev–Trinajstić information content (AvgIpc) is 2.61. The fraction of sp³-hybridized carbons (Fsp3) is 0.556. The van der Waals surface area contributed by atoms with Crippen molar-refractivity contribution >= 4 is 11.7 Å². The van der Waals surface area contributed by atoms with Gasteiger partial charge in [-0.15, -0.1) is 0 Å². The number of hydrogen-bond donors (Lipinski definition) is 2. The molecule has 6 nitrogen and oxygen atoms in total. The molecule has 24 heavy (non-hydrogen) atoms. The van der Waals surface area contributed by atoms with E-state index in [2.05, 4.69) is 23.3 Å². The number of hydrogen-bond acceptors (Lipinski definition) is 4. The second-order valence-electron chi connectivity index (χ2n) is 6.24. The Morgan fingerprint density at radius 3 is 2.62 bits per heavy atom. The number of aliphatic hydroxyl groups excluding tert-OH is 1. The average molecular weight is 330 g/mol. The number of nitrogens with one attached hydrogen (secondary N) is 1. The van der Waals surface area contributed by atoms with E-state index in [9.17, 15) is 4.79 Å². The lowest BCUT2D eigenvalue weighted by atomic mass is 10.0. The lowest BCUT2D eigenvalue weighted by Crippen LogP contribution is -2.47. The number of benzene rings is 1. The topological polar surface area (TPSA) is 79.6 Å². The van der Waals surface area contributed by atoms with Gasteiger partial charge in [0.25, 0.3) is 0 Å². The maximum absolute atomic E-state index is 12.3. The second-order valence-corrected chi connectivity index (χ2v) is 6.24. The fourth-order valence-corrected chi connectivity index (χ4v) is 3.01. The van der Waals surface area contributed by atoms with Gasteiger partial charge in [0.15, 0.2) is 0 Å². The first kappa shape index (κ1) is 18.2. The third kappa shape index (κ3) is 5.22. The molecule has 0 atom stereocenters. The number of anilines is 1. The van der Waals surface area contributed by atoms with Crippen LogP contribution in [-0.2, 0) is 6.42 Å². The van der Waals surface area contributed by atoms with E-state index >= 15 is 0 Å². The number of carbonyl (C=O) groups excluding carboxylic acids is 1. The minimum absolute atomic E-state index is 0.0699. The Morgan fingerprint density at radius 1 is 1.38 bits per heavy atom. The number of piperidine rings is 1. The van der Waals surface area contributed by atoms with Crippen molar-refractivity contribution in [1.29, 1.82) is 5.26 Å². The van der Waals surface area contributed by atoms with E-state index in [1.165, 1.54) is 0 Å². The summed E-state index contributed by atoms with van der Waals surface area (Å²) < 4.78 is 0. The highest BCUT2D eigenvalue weighted by Gasteiger charge is 2.25. The zero-order valence-corrected chi connectivity index (χ0v) is 14.2. The molecule has 130 valence electrons. The maximum atomic E-state index is 12.3. The molecule has 1 aliphatic heterocycles. The standard InChI is InChI=1S/C18H26N4O2/c1-21(11-2-14-23)17-8-12-22(13-9-17)18(24)20-16-5-3-15(4-6-16)7-10-19/h3-6,17,23H,2,7-9,11-14H2,1H3,(H,20,24). The van der Waals surface area contributed by atoms with E-state index in [1.54, 1.807) is 0 Å². The molecule has 1 aromatic carbocycles. The van der Waals surface area contributed by atoms with Gasteiger partial charge in [-0.1, -0.05) is 12.1 Å². The molecule has 1 heterocycles. The van der Waals surface area contributed by atoms with Crippen molar-refractivity contribution < 1.29 is 9.90 Å². The van der Waals surface area contributed by atoms with Crippen LogP contribution in [0.1, 0.15) is 24.8 Å². The number of urea groups is 1. The highest BCUT2D eigenvalue weighted by atomic mass is 16.3. The maximum Gasteiger partial charge on any atom is 0.321 e. The summed E-state index contributed by atoms with van der Waals surface area (Å²) >= 11 is 0. The predicted molar refractivity (Wildman–Crippen MR) is 93.7 cm³/mol. The molecule has 2 amide bonds. The van der Waals surface area contributed by atoms with Gasteiger partial charge in [-0.05, 0) is 44.0 Å². The summed E-state index contributed by atoms with van der Waals surface area (Å²) in [5, 5.41) is 20.5. The SMILES string of the molecule is CN(CCCO)C1CCN(C(=O)Nc2ccc(CC#N)cc2)CC1. The summed E-state index contributed by atoms with van der Waals surface area (Å²) in [6.07, 6.45) is 3.08. The first-order valence-corrected chi connectivity index (χ1v) is 8.47. The molecule has 1 fully saturated rings. The summed E-state index contributed by atoms with van der Waals surface area (Å²) in [4.78, 5) is 16.5. The Kier molecular flexibility index (Phi) is 7.04. The molecule has 1 saturated heterocycles. The number of likely N-dealkylation sites (tertiary alicyclic amines) is 1. The molecule has 0 aliphatic carbocycles. The first-order chi connectivity index (χ1) is 11.6. The van der Waals surface area contributed by atoms with Crippen molar-refractivity contribution in [3.63, 3.8) is 0 Å². The first-order valence-electron chi connectivity index (χ1n) is 8.47. The molecule has 0 radical (unpaired) electrons. The van der Waals surface area contributed by atoms with Crippen molar-refractivity contribution in [3.8, 4) is 6.07 Å². The predicted octanol–water partition coefficient (Wildman–Crippen LogP) is 2.06. The monoisotopic (exact) mass is 330 g/mol. The van der Waals surface area contributed by atoms with Gasteiger partial charge in [0.05, 0.1) is 12.5 Å². The smallest absolute Gasteiger partial charge is 0.321 e. The normalized spacial score (nSPS) is 15.3. The van der Waals surface area contributed by atoms with Gasteiger partial charge in [0, 0.05) is 38.0 Å². The molecule has 2 N–H and O–H groups in total. The largest absolute Gasteiger partial charge is 0.396 e. The Hall–Kier alpha value is -2.10. The van der Waals surface area contributed by atoms with E-state index in [-0.39, 0.29) is 12.6 Å². The van der Waals surface area contributed by atoms with Crippen LogP contribution in [0.5, 0.6) is 0 Å². The quantitative estimate of drug-likeness (QED) is 0.837. The van der Waals surface area contributed by atoms with Crippen LogP contribution < -0.4 is 5.32 Å². The number of amides is 2. The minimum atomic E-state index is -0.0699. The zero-order valence-electron chi connectivity index (χ0n) is 14.2. The Balaban J connectivity index is 1.79. The van der Waals surface area contributed by atoms with Crippen molar-refractivity contribution in [1.82, 2.24) is 9.80 Å². The second kappa shape index (κ2) is 9.26. The van der Waals surface area contributed by atoms with E-state index < -0.39 is 0 Å². The van der Waals surface area contributed by atoms with Gasteiger partial charge < -0.3 is 20.2 Å². The van der Waals surface area contributed by atoms with Crippen LogP contribution >= 0.6 is 0 Å². The van der Waals surface area contributed by atoms with Gasteiger partial charge in [-0.25, -0.2) is 4.79 Å². The Bertz CT molecular complexity index is 559. The lowest BCUT2D eigenvalue weighted by Gasteiger charge is -2.36. The van der Waals surface area contributed by atoms with E-state index in [1.807, 2.05) is 29.2 Å². The molecule has 6 heteroatoms. The van der Waals surface area contributed by atoms with Crippen molar-refractivity contribution in [2.24, 2.45) is 0 Å². The van der Waals surface area contributed by atoms with E-state index in [4.69, 9.17) is 10.4 Å². The zero-order chi connectivity index (χ0) is 17.4.